The van der Waals surface area contributed by atoms with Gasteiger partial charge in [-0.2, -0.15) is 0 Å². The van der Waals surface area contributed by atoms with Gasteiger partial charge in [0, 0.05) is 24.8 Å². The third-order valence-corrected chi connectivity index (χ3v) is 3.63. The first-order chi connectivity index (χ1) is 7.97. The number of rotatable bonds is 5. The minimum Gasteiger partial charge on any atom is -0.402 e. The van der Waals surface area contributed by atoms with Crippen molar-refractivity contribution < 1.29 is 0 Å². The molecule has 0 amide bonds. The topological polar surface area (TPSA) is 55.3 Å². The Morgan fingerprint density at radius 2 is 2.24 bits per heavy atom. The lowest BCUT2D eigenvalue weighted by Gasteiger charge is -2.29. The van der Waals surface area contributed by atoms with Crippen molar-refractivity contribution in [1.29, 1.82) is 0 Å². The summed E-state index contributed by atoms with van der Waals surface area (Å²) in [4.78, 5) is 2.38. The van der Waals surface area contributed by atoms with Gasteiger partial charge in [0.1, 0.15) is 0 Å². The summed E-state index contributed by atoms with van der Waals surface area (Å²) in [6.07, 6.45) is 9.71. The summed E-state index contributed by atoms with van der Waals surface area (Å²) in [7, 11) is 0. The Kier molecular flexibility index (Phi) is 5.06. The molecular weight excluding hydrogens is 210 g/mol. The maximum Gasteiger partial charge on any atom is 0.0230 e. The van der Waals surface area contributed by atoms with E-state index in [0.717, 1.165) is 25.2 Å². The van der Waals surface area contributed by atoms with Gasteiger partial charge in [-0.15, -0.1) is 0 Å². The van der Waals surface area contributed by atoms with Crippen LogP contribution in [-0.4, -0.2) is 24.0 Å². The van der Waals surface area contributed by atoms with Gasteiger partial charge in [0.25, 0.3) is 0 Å². The average molecular weight is 237 g/mol. The Morgan fingerprint density at radius 1 is 1.53 bits per heavy atom. The standard InChI is InChI=1S/C14H27N3/c1-4-14(10-13(3)16)7-9-17(11-14)8-5-6-12(2)15/h5-6,8,13H,4,7,9-11,15-16H2,1-3H3/b8-5+,12-6-. The molecule has 0 aromatic rings. The molecule has 1 aliphatic rings. The number of likely N-dealkylation sites (tertiary alicyclic amines) is 1. The Morgan fingerprint density at radius 3 is 2.76 bits per heavy atom. The van der Waals surface area contributed by atoms with Crippen molar-refractivity contribution in [1.82, 2.24) is 4.90 Å². The minimum atomic E-state index is 0.296. The molecule has 0 aromatic heterocycles. The molecule has 2 unspecified atom stereocenters. The van der Waals surface area contributed by atoms with E-state index in [1.165, 1.54) is 12.8 Å². The van der Waals surface area contributed by atoms with Crippen LogP contribution in [0.2, 0.25) is 0 Å². The fraction of sp³-hybridized carbons (Fsp3) is 0.714. The van der Waals surface area contributed by atoms with E-state index in [1.807, 2.05) is 19.1 Å². The SMILES string of the molecule is CCC1(CC(C)N)CCN(/C=C/C=C(/C)N)C1. The summed E-state index contributed by atoms with van der Waals surface area (Å²) >= 11 is 0. The lowest BCUT2D eigenvalue weighted by atomic mass is 9.79. The third kappa shape index (κ3) is 4.43. The van der Waals surface area contributed by atoms with Crippen molar-refractivity contribution >= 4 is 0 Å². The molecule has 3 heteroatoms. The van der Waals surface area contributed by atoms with Crippen LogP contribution in [0.1, 0.15) is 40.0 Å². The van der Waals surface area contributed by atoms with Crippen molar-refractivity contribution in [3.63, 3.8) is 0 Å². The maximum atomic E-state index is 5.96. The molecule has 1 fully saturated rings. The zero-order valence-electron chi connectivity index (χ0n) is 11.4. The molecular formula is C14H27N3. The third-order valence-electron chi connectivity index (χ3n) is 3.63. The molecule has 98 valence electrons. The molecule has 0 spiro atoms. The summed E-state index contributed by atoms with van der Waals surface area (Å²) in [5, 5.41) is 0. The highest BCUT2D eigenvalue weighted by atomic mass is 15.1. The van der Waals surface area contributed by atoms with Crippen molar-refractivity contribution in [3.8, 4) is 0 Å². The molecule has 1 rings (SSSR count). The van der Waals surface area contributed by atoms with Crippen molar-refractivity contribution in [2.45, 2.75) is 46.1 Å². The molecule has 2 atom stereocenters. The molecule has 3 nitrogen and oxygen atoms in total. The number of nitrogens with zero attached hydrogens (tertiary/aromatic N) is 1. The molecule has 1 aliphatic heterocycles. The van der Waals surface area contributed by atoms with Gasteiger partial charge < -0.3 is 16.4 Å². The smallest absolute Gasteiger partial charge is 0.0230 e. The Bertz CT molecular complexity index is 290. The molecule has 1 heterocycles. The molecule has 0 bridgehead atoms. The van der Waals surface area contributed by atoms with Crippen LogP contribution in [0.25, 0.3) is 0 Å². The first-order valence-electron chi connectivity index (χ1n) is 6.57. The van der Waals surface area contributed by atoms with E-state index in [-0.39, 0.29) is 0 Å². The van der Waals surface area contributed by atoms with Gasteiger partial charge in [0.15, 0.2) is 0 Å². The highest BCUT2D eigenvalue weighted by molar-refractivity contribution is 5.08. The largest absolute Gasteiger partial charge is 0.402 e. The average Bonchev–Trinajstić information content (AvgIpc) is 2.61. The van der Waals surface area contributed by atoms with Gasteiger partial charge in [0.2, 0.25) is 0 Å². The second-order valence-electron chi connectivity index (χ2n) is 5.51. The summed E-state index contributed by atoms with van der Waals surface area (Å²) in [6, 6.07) is 0.296. The van der Waals surface area contributed by atoms with E-state index < -0.39 is 0 Å². The van der Waals surface area contributed by atoms with Crippen LogP contribution in [0.15, 0.2) is 24.0 Å². The Balaban J connectivity index is 2.55. The fourth-order valence-electron chi connectivity index (χ4n) is 2.70. The summed E-state index contributed by atoms with van der Waals surface area (Å²) in [5.74, 6) is 0. The Labute approximate surface area is 106 Å². The second kappa shape index (κ2) is 6.10. The zero-order chi connectivity index (χ0) is 12.9. The van der Waals surface area contributed by atoms with Gasteiger partial charge in [-0.1, -0.05) is 6.92 Å². The van der Waals surface area contributed by atoms with Crippen LogP contribution >= 0.6 is 0 Å². The molecule has 1 saturated heterocycles. The van der Waals surface area contributed by atoms with E-state index in [4.69, 9.17) is 11.5 Å². The molecule has 0 radical (unpaired) electrons. The first kappa shape index (κ1) is 14.1. The van der Waals surface area contributed by atoms with Gasteiger partial charge in [-0.25, -0.2) is 0 Å². The predicted molar refractivity (Wildman–Crippen MR) is 74.3 cm³/mol. The van der Waals surface area contributed by atoms with E-state index in [9.17, 15) is 0 Å². The molecule has 0 aliphatic carbocycles. The van der Waals surface area contributed by atoms with Crippen LogP contribution < -0.4 is 11.5 Å². The van der Waals surface area contributed by atoms with Crippen LogP contribution in [0, 0.1) is 5.41 Å². The first-order valence-corrected chi connectivity index (χ1v) is 6.57. The fourth-order valence-corrected chi connectivity index (χ4v) is 2.70. The minimum absolute atomic E-state index is 0.296. The maximum absolute atomic E-state index is 5.96. The Hall–Kier alpha value is -0.960. The van der Waals surface area contributed by atoms with E-state index in [0.29, 0.717) is 11.5 Å². The predicted octanol–water partition coefficient (Wildman–Crippen LogP) is 2.20. The van der Waals surface area contributed by atoms with Crippen LogP contribution in [0.5, 0.6) is 0 Å². The van der Waals surface area contributed by atoms with Crippen molar-refractivity contribution in [2.24, 2.45) is 16.9 Å². The number of hydrogen-bond acceptors (Lipinski definition) is 3. The summed E-state index contributed by atoms with van der Waals surface area (Å²) in [5.41, 5.74) is 12.8. The summed E-state index contributed by atoms with van der Waals surface area (Å²) < 4.78 is 0. The van der Waals surface area contributed by atoms with Gasteiger partial charge in [0.05, 0.1) is 0 Å². The van der Waals surface area contributed by atoms with Gasteiger partial charge >= 0.3 is 0 Å². The second-order valence-corrected chi connectivity index (χ2v) is 5.51. The van der Waals surface area contributed by atoms with Crippen molar-refractivity contribution in [3.05, 3.63) is 24.0 Å². The van der Waals surface area contributed by atoms with E-state index in [2.05, 4.69) is 24.9 Å². The van der Waals surface area contributed by atoms with E-state index >= 15 is 0 Å². The number of allylic oxidation sites excluding steroid dienone is 3. The number of nitrogens with two attached hydrogens (primary N) is 2. The number of hydrogen-bond donors (Lipinski definition) is 2. The monoisotopic (exact) mass is 237 g/mol. The zero-order valence-corrected chi connectivity index (χ0v) is 11.4. The van der Waals surface area contributed by atoms with E-state index in [1.54, 1.807) is 0 Å². The summed E-state index contributed by atoms with van der Waals surface area (Å²) in [6.45, 7) is 8.55. The van der Waals surface area contributed by atoms with Crippen molar-refractivity contribution in [2.75, 3.05) is 13.1 Å². The van der Waals surface area contributed by atoms with Crippen LogP contribution in [0.4, 0.5) is 0 Å². The van der Waals surface area contributed by atoms with Gasteiger partial charge in [-0.05, 0) is 56.9 Å². The molecule has 0 saturated carbocycles. The van der Waals surface area contributed by atoms with Gasteiger partial charge in [-0.3, -0.25) is 0 Å². The van der Waals surface area contributed by atoms with Crippen LogP contribution in [0.3, 0.4) is 0 Å². The quantitative estimate of drug-likeness (QED) is 0.721. The van der Waals surface area contributed by atoms with Crippen LogP contribution in [-0.2, 0) is 0 Å². The molecule has 0 aromatic carbocycles. The lowest BCUT2D eigenvalue weighted by molar-refractivity contribution is 0.244. The molecule has 17 heavy (non-hydrogen) atoms. The molecule has 4 N–H and O–H groups in total. The highest BCUT2D eigenvalue weighted by Crippen LogP contribution is 2.38. The lowest BCUT2D eigenvalue weighted by Crippen LogP contribution is -2.31. The normalized spacial score (nSPS) is 28.0. The highest BCUT2D eigenvalue weighted by Gasteiger charge is 2.35.